The summed E-state index contributed by atoms with van der Waals surface area (Å²) in [4.78, 5) is 17.0. The zero-order valence-corrected chi connectivity index (χ0v) is 16.4. The van der Waals surface area contributed by atoms with Gasteiger partial charge in [0.15, 0.2) is 11.5 Å². The molecule has 2 aromatic carbocycles. The molecule has 0 atom stereocenters. The number of aromatic hydroxyl groups is 1. The van der Waals surface area contributed by atoms with Crippen LogP contribution in [-0.2, 0) is 6.42 Å². The van der Waals surface area contributed by atoms with Gasteiger partial charge in [-0.15, -0.1) is 6.58 Å². The molecule has 1 aliphatic heterocycles. The third kappa shape index (κ3) is 3.91. The Labute approximate surface area is 165 Å². The standard InChI is InChI=1S/C22H26N2O4/c1-4-7-16-14-17(15-20(27-2)21(16)28-3)22(26)24-12-10-23(11-13-24)18-8-5-6-9-19(18)25/h4-6,8-9,14-15,25H,1,7,10-13H2,2-3H3. The van der Waals surface area contributed by atoms with Crippen LogP contribution >= 0.6 is 0 Å². The quantitative estimate of drug-likeness (QED) is 0.778. The fourth-order valence-electron chi connectivity index (χ4n) is 3.54. The number of phenols is 1. The third-order valence-corrected chi connectivity index (χ3v) is 4.96. The predicted molar refractivity (Wildman–Crippen MR) is 110 cm³/mol. The van der Waals surface area contributed by atoms with E-state index < -0.39 is 0 Å². The Morgan fingerprint density at radius 1 is 1.14 bits per heavy atom. The van der Waals surface area contributed by atoms with Gasteiger partial charge in [0, 0.05) is 37.3 Å². The van der Waals surface area contributed by atoms with E-state index in [1.807, 2.05) is 23.1 Å². The van der Waals surface area contributed by atoms with E-state index in [0.717, 1.165) is 11.3 Å². The number of amides is 1. The van der Waals surface area contributed by atoms with Crippen molar-refractivity contribution in [3.63, 3.8) is 0 Å². The van der Waals surface area contributed by atoms with E-state index in [0.29, 0.717) is 49.7 Å². The number of ether oxygens (including phenoxy) is 2. The van der Waals surface area contributed by atoms with E-state index in [4.69, 9.17) is 9.47 Å². The lowest BCUT2D eigenvalue weighted by molar-refractivity contribution is 0.0746. The van der Waals surface area contributed by atoms with Crippen molar-refractivity contribution in [2.45, 2.75) is 6.42 Å². The molecule has 3 rings (SSSR count). The number of carbonyl (C=O) groups is 1. The second-order valence-electron chi connectivity index (χ2n) is 6.63. The van der Waals surface area contributed by atoms with Gasteiger partial charge in [-0.3, -0.25) is 4.79 Å². The van der Waals surface area contributed by atoms with Crippen molar-refractivity contribution in [3.05, 3.63) is 60.2 Å². The van der Waals surface area contributed by atoms with Crippen molar-refractivity contribution < 1.29 is 19.4 Å². The minimum Gasteiger partial charge on any atom is -0.506 e. The molecule has 0 saturated carbocycles. The zero-order valence-electron chi connectivity index (χ0n) is 16.4. The number of anilines is 1. The highest BCUT2D eigenvalue weighted by Gasteiger charge is 2.25. The number of benzene rings is 2. The van der Waals surface area contributed by atoms with Crippen LogP contribution in [0.25, 0.3) is 0 Å². The molecule has 2 aromatic rings. The molecule has 1 N–H and O–H groups in total. The van der Waals surface area contributed by atoms with Crippen molar-refractivity contribution in [2.24, 2.45) is 0 Å². The molecule has 0 spiro atoms. The summed E-state index contributed by atoms with van der Waals surface area (Å²) >= 11 is 0. The minimum absolute atomic E-state index is 0.0387. The van der Waals surface area contributed by atoms with Crippen LogP contribution in [0.4, 0.5) is 5.69 Å². The summed E-state index contributed by atoms with van der Waals surface area (Å²) < 4.78 is 10.9. The highest BCUT2D eigenvalue weighted by molar-refractivity contribution is 5.95. The maximum Gasteiger partial charge on any atom is 0.254 e. The van der Waals surface area contributed by atoms with E-state index >= 15 is 0 Å². The first-order valence-electron chi connectivity index (χ1n) is 9.27. The summed E-state index contributed by atoms with van der Waals surface area (Å²) in [6.45, 7) is 6.27. The van der Waals surface area contributed by atoms with Gasteiger partial charge >= 0.3 is 0 Å². The monoisotopic (exact) mass is 382 g/mol. The number of para-hydroxylation sites is 2. The van der Waals surface area contributed by atoms with Crippen molar-refractivity contribution in [1.29, 1.82) is 0 Å². The number of phenolic OH excluding ortho intramolecular Hbond substituents is 1. The summed E-state index contributed by atoms with van der Waals surface area (Å²) in [5.41, 5.74) is 2.24. The third-order valence-electron chi connectivity index (χ3n) is 4.96. The lowest BCUT2D eigenvalue weighted by Crippen LogP contribution is -2.48. The number of carbonyl (C=O) groups excluding carboxylic acids is 1. The van der Waals surface area contributed by atoms with Crippen molar-refractivity contribution >= 4 is 11.6 Å². The molecule has 1 fully saturated rings. The number of nitrogens with zero attached hydrogens (tertiary/aromatic N) is 2. The largest absolute Gasteiger partial charge is 0.506 e. The normalized spacial score (nSPS) is 13.9. The zero-order chi connectivity index (χ0) is 20.1. The molecular weight excluding hydrogens is 356 g/mol. The topological polar surface area (TPSA) is 62.2 Å². The van der Waals surface area contributed by atoms with Gasteiger partial charge in [-0.1, -0.05) is 18.2 Å². The Bertz CT molecular complexity index is 858. The second-order valence-corrected chi connectivity index (χ2v) is 6.63. The van der Waals surface area contributed by atoms with E-state index in [2.05, 4.69) is 11.5 Å². The van der Waals surface area contributed by atoms with Gasteiger partial charge in [-0.2, -0.15) is 0 Å². The molecule has 0 unspecified atom stereocenters. The fourth-order valence-corrected chi connectivity index (χ4v) is 3.54. The molecule has 0 aromatic heterocycles. The fraction of sp³-hybridized carbons (Fsp3) is 0.318. The average molecular weight is 382 g/mol. The molecule has 0 radical (unpaired) electrons. The van der Waals surface area contributed by atoms with Gasteiger partial charge in [0.1, 0.15) is 5.75 Å². The molecule has 1 aliphatic rings. The van der Waals surface area contributed by atoms with Crippen LogP contribution < -0.4 is 14.4 Å². The molecule has 148 valence electrons. The second kappa shape index (κ2) is 8.69. The number of piperazine rings is 1. The number of allylic oxidation sites excluding steroid dienone is 1. The molecule has 0 aliphatic carbocycles. The van der Waals surface area contributed by atoms with Crippen molar-refractivity contribution in [3.8, 4) is 17.2 Å². The van der Waals surface area contributed by atoms with Crippen LogP contribution in [0.15, 0.2) is 49.1 Å². The molecular formula is C22H26N2O4. The molecule has 1 amide bonds. The Morgan fingerprint density at radius 2 is 1.86 bits per heavy atom. The number of methoxy groups -OCH3 is 2. The molecule has 6 heteroatoms. The molecule has 0 bridgehead atoms. The van der Waals surface area contributed by atoms with Crippen molar-refractivity contribution in [2.75, 3.05) is 45.3 Å². The van der Waals surface area contributed by atoms with Gasteiger partial charge in [0.2, 0.25) is 0 Å². The smallest absolute Gasteiger partial charge is 0.254 e. The number of hydrogen-bond acceptors (Lipinski definition) is 5. The Morgan fingerprint density at radius 3 is 2.46 bits per heavy atom. The highest BCUT2D eigenvalue weighted by atomic mass is 16.5. The van der Waals surface area contributed by atoms with E-state index in [1.165, 1.54) is 0 Å². The summed E-state index contributed by atoms with van der Waals surface area (Å²) in [5, 5.41) is 10.0. The summed E-state index contributed by atoms with van der Waals surface area (Å²) in [6.07, 6.45) is 2.36. The molecule has 1 saturated heterocycles. The predicted octanol–water partition coefficient (Wildman–Crippen LogP) is 3.10. The van der Waals surface area contributed by atoms with Crippen LogP contribution in [0.2, 0.25) is 0 Å². The maximum atomic E-state index is 13.1. The first kappa shape index (κ1) is 19.6. The Balaban J connectivity index is 1.77. The van der Waals surface area contributed by atoms with Gasteiger partial charge in [-0.05, 0) is 30.7 Å². The first-order chi connectivity index (χ1) is 13.6. The van der Waals surface area contributed by atoms with Gasteiger partial charge in [0.05, 0.1) is 19.9 Å². The number of hydrogen-bond donors (Lipinski definition) is 1. The lowest BCUT2D eigenvalue weighted by Gasteiger charge is -2.36. The van der Waals surface area contributed by atoms with Gasteiger partial charge in [-0.25, -0.2) is 0 Å². The number of rotatable bonds is 6. The van der Waals surface area contributed by atoms with E-state index in [-0.39, 0.29) is 11.7 Å². The van der Waals surface area contributed by atoms with E-state index in [9.17, 15) is 9.90 Å². The average Bonchev–Trinajstić information content (AvgIpc) is 2.73. The molecule has 28 heavy (non-hydrogen) atoms. The molecule has 1 heterocycles. The van der Waals surface area contributed by atoms with Crippen LogP contribution in [0, 0.1) is 0 Å². The van der Waals surface area contributed by atoms with Crippen LogP contribution in [0.3, 0.4) is 0 Å². The van der Waals surface area contributed by atoms with Gasteiger partial charge < -0.3 is 24.4 Å². The van der Waals surface area contributed by atoms with Crippen molar-refractivity contribution in [1.82, 2.24) is 4.90 Å². The summed E-state index contributed by atoms with van der Waals surface area (Å²) in [5.74, 6) is 1.39. The lowest BCUT2D eigenvalue weighted by atomic mass is 10.0. The van der Waals surface area contributed by atoms with Crippen LogP contribution in [0.1, 0.15) is 15.9 Å². The van der Waals surface area contributed by atoms with Crippen LogP contribution in [-0.4, -0.2) is 56.3 Å². The summed E-state index contributed by atoms with van der Waals surface area (Å²) in [6, 6.07) is 10.8. The Hall–Kier alpha value is -3.15. The van der Waals surface area contributed by atoms with E-state index in [1.54, 1.807) is 38.5 Å². The summed E-state index contributed by atoms with van der Waals surface area (Å²) in [7, 11) is 3.15. The SMILES string of the molecule is C=CCc1cc(C(=O)N2CCN(c3ccccc3O)CC2)cc(OC)c1OC. The highest BCUT2D eigenvalue weighted by Crippen LogP contribution is 2.34. The van der Waals surface area contributed by atoms with Crippen LogP contribution in [0.5, 0.6) is 17.2 Å². The maximum absolute atomic E-state index is 13.1. The minimum atomic E-state index is -0.0387. The first-order valence-corrected chi connectivity index (χ1v) is 9.27. The molecule has 6 nitrogen and oxygen atoms in total. The Kier molecular flexibility index (Phi) is 6.09. The van der Waals surface area contributed by atoms with Gasteiger partial charge in [0.25, 0.3) is 5.91 Å².